The van der Waals surface area contributed by atoms with Gasteiger partial charge in [0.05, 0.1) is 17.0 Å². The molecule has 0 saturated carbocycles. The number of carbonyl (C=O) groups excluding carboxylic acids is 1. The topological polar surface area (TPSA) is 45.5 Å². The minimum Gasteiger partial charge on any atom is -0.459 e. The smallest absolute Gasteiger partial charge is 0.291 e. The lowest BCUT2D eigenvalue weighted by atomic mass is 10.1. The first-order chi connectivity index (χ1) is 10.2. The van der Waals surface area contributed by atoms with Crippen molar-refractivity contribution in [2.75, 3.05) is 23.3 Å². The van der Waals surface area contributed by atoms with Gasteiger partial charge in [0.1, 0.15) is 0 Å². The van der Waals surface area contributed by atoms with Crippen LogP contribution in [0.2, 0.25) is 5.02 Å². The number of hydrogen-bond donors (Lipinski definition) is 1. The molecule has 0 spiro atoms. The van der Waals surface area contributed by atoms with Crippen LogP contribution in [0.15, 0.2) is 41.0 Å². The summed E-state index contributed by atoms with van der Waals surface area (Å²) in [6, 6.07) is 9.05. The largest absolute Gasteiger partial charge is 0.459 e. The van der Waals surface area contributed by atoms with E-state index in [-0.39, 0.29) is 11.7 Å². The first kappa shape index (κ1) is 14.0. The Balaban J connectivity index is 1.79. The Kier molecular flexibility index (Phi) is 4.15. The summed E-state index contributed by atoms with van der Waals surface area (Å²) in [4.78, 5) is 14.4. The van der Waals surface area contributed by atoms with E-state index in [4.69, 9.17) is 16.0 Å². The standard InChI is InChI=1S/C16H17ClN2O2/c17-13-7-6-12(19-8-2-1-3-9-19)11-14(13)18-16(20)15-5-4-10-21-15/h4-7,10-11H,1-3,8-9H2,(H,18,20). The minimum absolute atomic E-state index is 0.273. The third-order valence-corrected chi connectivity index (χ3v) is 3.99. The molecule has 0 bridgehead atoms. The minimum atomic E-state index is -0.294. The molecule has 1 saturated heterocycles. The van der Waals surface area contributed by atoms with E-state index < -0.39 is 0 Å². The predicted octanol–water partition coefficient (Wildman–Crippen LogP) is 4.18. The number of hydrogen-bond acceptors (Lipinski definition) is 3. The van der Waals surface area contributed by atoms with E-state index in [1.54, 1.807) is 12.1 Å². The Morgan fingerprint density at radius 3 is 2.71 bits per heavy atom. The highest BCUT2D eigenvalue weighted by molar-refractivity contribution is 6.34. The second-order valence-electron chi connectivity index (χ2n) is 5.14. The van der Waals surface area contributed by atoms with E-state index in [1.165, 1.54) is 25.5 Å². The number of benzene rings is 1. The van der Waals surface area contributed by atoms with Crippen molar-refractivity contribution in [3.63, 3.8) is 0 Å². The average molecular weight is 305 g/mol. The van der Waals surface area contributed by atoms with Crippen molar-refractivity contribution in [1.29, 1.82) is 0 Å². The second-order valence-corrected chi connectivity index (χ2v) is 5.55. The van der Waals surface area contributed by atoms with Crippen LogP contribution in [-0.4, -0.2) is 19.0 Å². The molecule has 0 radical (unpaired) electrons. The van der Waals surface area contributed by atoms with Crippen LogP contribution in [0.3, 0.4) is 0 Å². The molecule has 1 aliphatic heterocycles. The Morgan fingerprint density at radius 2 is 2.00 bits per heavy atom. The lowest BCUT2D eigenvalue weighted by Gasteiger charge is -2.29. The summed E-state index contributed by atoms with van der Waals surface area (Å²) < 4.78 is 5.09. The first-order valence-electron chi connectivity index (χ1n) is 7.13. The number of furan rings is 1. The third kappa shape index (κ3) is 3.22. The summed E-state index contributed by atoms with van der Waals surface area (Å²) in [6.45, 7) is 2.10. The summed E-state index contributed by atoms with van der Waals surface area (Å²) in [7, 11) is 0. The fourth-order valence-corrected chi connectivity index (χ4v) is 2.71. The summed E-state index contributed by atoms with van der Waals surface area (Å²) in [5.74, 6) is -0.0212. The van der Waals surface area contributed by atoms with Crippen LogP contribution in [0, 0.1) is 0 Å². The lowest BCUT2D eigenvalue weighted by Crippen LogP contribution is -2.29. The summed E-state index contributed by atoms with van der Waals surface area (Å²) in [5.41, 5.74) is 1.70. The van der Waals surface area contributed by atoms with E-state index in [0.717, 1.165) is 18.8 Å². The monoisotopic (exact) mass is 304 g/mol. The molecule has 2 heterocycles. The lowest BCUT2D eigenvalue weighted by molar-refractivity contribution is 0.0996. The van der Waals surface area contributed by atoms with Crippen LogP contribution in [-0.2, 0) is 0 Å². The fraction of sp³-hybridized carbons (Fsp3) is 0.312. The van der Waals surface area contributed by atoms with Crippen molar-refractivity contribution in [3.05, 3.63) is 47.4 Å². The summed E-state index contributed by atoms with van der Waals surface area (Å²) >= 11 is 6.18. The molecule has 0 aliphatic carbocycles. The molecular weight excluding hydrogens is 288 g/mol. The number of piperidine rings is 1. The van der Waals surface area contributed by atoms with E-state index in [2.05, 4.69) is 10.2 Å². The zero-order valence-corrected chi connectivity index (χ0v) is 12.4. The number of anilines is 2. The Morgan fingerprint density at radius 1 is 1.19 bits per heavy atom. The molecule has 21 heavy (non-hydrogen) atoms. The number of amides is 1. The molecule has 4 nitrogen and oxygen atoms in total. The second kappa shape index (κ2) is 6.22. The van der Waals surface area contributed by atoms with Gasteiger partial charge in [0.15, 0.2) is 5.76 Å². The van der Waals surface area contributed by atoms with Gasteiger partial charge in [-0.3, -0.25) is 4.79 Å². The molecule has 0 unspecified atom stereocenters. The maximum Gasteiger partial charge on any atom is 0.291 e. The maximum atomic E-state index is 12.0. The van der Waals surface area contributed by atoms with Gasteiger partial charge in [-0.2, -0.15) is 0 Å². The highest BCUT2D eigenvalue weighted by Gasteiger charge is 2.15. The van der Waals surface area contributed by atoms with Crippen molar-refractivity contribution in [1.82, 2.24) is 0 Å². The van der Waals surface area contributed by atoms with Crippen LogP contribution in [0.4, 0.5) is 11.4 Å². The van der Waals surface area contributed by atoms with E-state index >= 15 is 0 Å². The molecule has 1 aromatic carbocycles. The summed E-state index contributed by atoms with van der Waals surface area (Å²) in [5, 5.41) is 3.32. The number of halogens is 1. The molecule has 110 valence electrons. The van der Waals surface area contributed by atoms with Gasteiger partial charge in [0.2, 0.25) is 0 Å². The number of carbonyl (C=O) groups is 1. The number of nitrogens with zero attached hydrogens (tertiary/aromatic N) is 1. The molecule has 2 aromatic rings. The van der Waals surface area contributed by atoms with E-state index in [1.807, 2.05) is 18.2 Å². The molecule has 1 aliphatic rings. The molecule has 0 atom stereocenters. The van der Waals surface area contributed by atoms with Gasteiger partial charge in [0.25, 0.3) is 5.91 Å². The van der Waals surface area contributed by atoms with Gasteiger partial charge in [-0.15, -0.1) is 0 Å². The third-order valence-electron chi connectivity index (χ3n) is 3.66. The van der Waals surface area contributed by atoms with E-state index in [0.29, 0.717) is 10.7 Å². The van der Waals surface area contributed by atoms with Crippen LogP contribution in [0.5, 0.6) is 0 Å². The van der Waals surface area contributed by atoms with Crippen molar-refractivity contribution < 1.29 is 9.21 Å². The van der Waals surface area contributed by atoms with Crippen molar-refractivity contribution in [2.24, 2.45) is 0 Å². The highest BCUT2D eigenvalue weighted by atomic mass is 35.5. The molecule has 5 heteroatoms. The van der Waals surface area contributed by atoms with Crippen molar-refractivity contribution in [2.45, 2.75) is 19.3 Å². The Bertz CT molecular complexity index is 619. The first-order valence-corrected chi connectivity index (χ1v) is 7.51. The van der Waals surface area contributed by atoms with Gasteiger partial charge in [-0.25, -0.2) is 0 Å². The predicted molar refractivity (Wildman–Crippen MR) is 84.2 cm³/mol. The maximum absolute atomic E-state index is 12.0. The Hall–Kier alpha value is -1.94. The fourth-order valence-electron chi connectivity index (χ4n) is 2.55. The average Bonchev–Trinajstić information content (AvgIpc) is 3.05. The van der Waals surface area contributed by atoms with Gasteiger partial charge in [0, 0.05) is 18.8 Å². The normalized spacial score (nSPS) is 15.0. The molecule has 1 aromatic heterocycles. The number of nitrogens with one attached hydrogen (secondary N) is 1. The highest BCUT2D eigenvalue weighted by Crippen LogP contribution is 2.29. The van der Waals surface area contributed by atoms with Gasteiger partial charge in [-0.05, 0) is 49.6 Å². The van der Waals surface area contributed by atoms with Crippen molar-refractivity contribution in [3.8, 4) is 0 Å². The molecule has 3 rings (SSSR count). The van der Waals surface area contributed by atoms with E-state index in [9.17, 15) is 4.79 Å². The molecule has 1 N–H and O–H groups in total. The van der Waals surface area contributed by atoms with Crippen molar-refractivity contribution >= 4 is 28.9 Å². The van der Waals surface area contributed by atoms with Gasteiger partial charge >= 0.3 is 0 Å². The molecule has 1 fully saturated rings. The van der Waals surface area contributed by atoms with Crippen LogP contribution in [0.25, 0.3) is 0 Å². The quantitative estimate of drug-likeness (QED) is 0.925. The van der Waals surface area contributed by atoms with Gasteiger partial charge < -0.3 is 14.6 Å². The zero-order chi connectivity index (χ0) is 14.7. The van der Waals surface area contributed by atoms with Crippen LogP contribution in [0.1, 0.15) is 29.8 Å². The summed E-state index contributed by atoms with van der Waals surface area (Å²) in [6.07, 6.45) is 5.17. The van der Waals surface area contributed by atoms with Crippen LogP contribution >= 0.6 is 11.6 Å². The zero-order valence-electron chi connectivity index (χ0n) is 11.6. The van der Waals surface area contributed by atoms with Crippen LogP contribution < -0.4 is 10.2 Å². The SMILES string of the molecule is O=C(Nc1cc(N2CCCCC2)ccc1Cl)c1ccco1. The van der Waals surface area contributed by atoms with Gasteiger partial charge in [-0.1, -0.05) is 11.6 Å². The molecular formula is C16H17ClN2O2. The molecule has 1 amide bonds. The number of rotatable bonds is 3. The Labute approximate surface area is 128 Å².